The maximum Gasteiger partial charge on any atom is 0.336 e. The van der Waals surface area contributed by atoms with Crippen molar-refractivity contribution >= 4 is 29.5 Å². The summed E-state index contributed by atoms with van der Waals surface area (Å²) in [6, 6.07) is 37.3. The van der Waals surface area contributed by atoms with Crippen molar-refractivity contribution in [2.75, 3.05) is 5.75 Å². The van der Waals surface area contributed by atoms with E-state index in [0.717, 1.165) is 33.4 Å². The number of aromatic carboxylic acids is 1. The Morgan fingerprint density at radius 2 is 1.40 bits per heavy atom. The van der Waals surface area contributed by atoms with Crippen molar-refractivity contribution in [1.29, 1.82) is 0 Å². The van der Waals surface area contributed by atoms with Crippen LogP contribution in [0.3, 0.4) is 0 Å². The fourth-order valence-electron chi connectivity index (χ4n) is 6.53. The van der Waals surface area contributed by atoms with Crippen LogP contribution in [0.25, 0.3) is 11.1 Å². The van der Waals surface area contributed by atoms with Crippen LogP contribution in [-0.2, 0) is 22.6 Å². The number of hydrogen-bond donors (Lipinski definition) is 2. The van der Waals surface area contributed by atoms with E-state index in [-0.39, 0.29) is 48.7 Å². The predicted molar refractivity (Wildman–Crippen MR) is 190 cm³/mol. The third kappa shape index (κ3) is 6.73. The van der Waals surface area contributed by atoms with Crippen molar-refractivity contribution in [3.8, 4) is 11.1 Å². The summed E-state index contributed by atoms with van der Waals surface area (Å²) in [5, 5.41) is 19.3. The first-order chi connectivity index (χ1) is 24.3. The van der Waals surface area contributed by atoms with E-state index in [0.29, 0.717) is 21.8 Å². The monoisotopic (exact) mass is 685 g/mol. The van der Waals surface area contributed by atoms with Crippen molar-refractivity contribution in [3.05, 3.63) is 160 Å². The molecular formula is C41H35NO7S. The van der Waals surface area contributed by atoms with E-state index in [1.165, 1.54) is 16.7 Å². The molecule has 1 fully saturated rings. The molecule has 0 radical (unpaired) electrons. The largest absolute Gasteiger partial charge is 0.478 e. The molecule has 0 bridgehead atoms. The maximum absolute atomic E-state index is 13.0. The SMILES string of the molecule is C[C@H]1[C@@H](CSc2ccccc2C(=O)O)O[C@@H](c2cccc(-c3cccc(CN4C(=O)c5ccccc5C4=O)c3)c2)O[C@H]1c1ccc(CO)cc1. The summed E-state index contributed by atoms with van der Waals surface area (Å²) < 4.78 is 13.3. The highest BCUT2D eigenvalue weighted by Crippen LogP contribution is 2.44. The van der Waals surface area contributed by atoms with Gasteiger partial charge in [0.25, 0.3) is 11.8 Å². The van der Waals surface area contributed by atoms with Gasteiger partial charge in [-0.2, -0.15) is 0 Å². The number of aliphatic hydroxyl groups excluding tert-OH is 1. The summed E-state index contributed by atoms with van der Waals surface area (Å²) in [7, 11) is 0. The number of thioether (sulfide) groups is 1. The molecule has 0 aromatic heterocycles. The van der Waals surface area contributed by atoms with Crippen LogP contribution >= 0.6 is 11.8 Å². The second-order valence-electron chi connectivity index (χ2n) is 12.5. The molecule has 2 aliphatic rings. The Balaban J connectivity index is 1.15. The number of rotatable bonds is 10. The number of carboxylic acids is 1. The molecule has 4 atom stereocenters. The van der Waals surface area contributed by atoms with Gasteiger partial charge in [-0.3, -0.25) is 14.5 Å². The molecule has 9 heteroatoms. The summed E-state index contributed by atoms with van der Waals surface area (Å²) in [5.41, 5.74) is 6.34. The quantitative estimate of drug-likeness (QED) is 0.113. The predicted octanol–water partition coefficient (Wildman–Crippen LogP) is 7.92. The minimum atomic E-state index is -0.974. The Morgan fingerprint density at radius 3 is 2.10 bits per heavy atom. The van der Waals surface area contributed by atoms with Gasteiger partial charge in [-0.25, -0.2) is 4.79 Å². The number of amides is 2. The molecule has 1 saturated heterocycles. The Bertz CT molecular complexity index is 2030. The molecule has 0 unspecified atom stereocenters. The van der Waals surface area contributed by atoms with Crippen molar-refractivity contribution in [1.82, 2.24) is 4.90 Å². The number of benzene rings is 5. The normalized spacial score (nSPS) is 20.2. The highest BCUT2D eigenvalue weighted by Gasteiger charge is 2.39. The molecule has 2 N–H and O–H groups in total. The minimum absolute atomic E-state index is 0.0539. The van der Waals surface area contributed by atoms with E-state index in [4.69, 9.17) is 9.47 Å². The van der Waals surface area contributed by atoms with Crippen molar-refractivity contribution in [2.45, 2.75) is 43.5 Å². The molecule has 5 aromatic rings. The Kier molecular flexibility index (Phi) is 9.65. The van der Waals surface area contributed by atoms with Crippen LogP contribution < -0.4 is 0 Å². The van der Waals surface area contributed by atoms with Gasteiger partial charge in [-0.15, -0.1) is 11.8 Å². The average molecular weight is 686 g/mol. The summed E-state index contributed by atoms with van der Waals surface area (Å²) in [6.07, 6.45) is -1.32. The van der Waals surface area contributed by atoms with Gasteiger partial charge in [-0.05, 0) is 64.2 Å². The number of fused-ring (bicyclic) bond motifs is 1. The number of ether oxygens (including phenoxy) is 2. The lowest BCUT2D eigenvalue weighted by atomic mass is 9.91. The molecule has 7 rings (SSSR count). The zero-order valence-corrected chi connectivity index (χ0v) is 28.1. The number of carboxylic acid groups (broad SMARTS) is 1. The third-order valence-electron chi connectivity index (χ3n) is 9.28. The lowest BCUT2D eigenvalue weighted by Crippen LogP contribution is -2.38. The van der Waals surface area contributed by atoms with Crippen molar-refractivity contribution in [2.24, 2.45) is 5.92 Å². The first-order valence-electron chi connectivity index (χ1n) is 16.4. The zero-order chi connectivity index (χ0) is 34.8. The summed E-state index contributed by atoms with van der Waals surface area (Å²) >= 11 is 1.45. The maximum atomic E-state index is 13.0. The number of carbonyl (C=O) groups excluding carboxylic acids is 2. The van der Waals surface area contributed by atoms with Gasteiger partial charge in [-0.1, -0.05) is 91.9 Å². The van der Waals surface area contributed by atoms with E-state index in [1.807, 2.05) is 84.9 Å². The number of imide groups is 1. The van der Waals surface area contributed by atoms with Gasteiger partial charge in [0.2, 0.25) is 0 Å². The van der Waals surface area contributed by atoms with Crippen LogP contribution in [0.5, 0.6) is 0 Å². The zero-order valence-electron chi connectivity index (χ0n) is 27.3. The van der Waals surface area contributed by atoms with Crippen LogP contribution in [0.15, 0.2) is 126 Å². The van der Waals surface area contributed by atoms with Gasteiger partial charge < -0.3 is 19.7 Å². The summed E-state index contributed by atoms with van der Waals surface area (Å²) in [6.45, 7) is 2.18. The molecule has 2 amide bonds. The molecule has 0 aliphatic carbocycles. The minimum Gasteiger partial charge on any atom is -0.478 e. The molecule has 2 aliphatic heterocycles. The molecule has 0 saturated carbocycles. The molecule has 8 nitrogen and oxygen atoms in total. The third-order valence-corrected chi connectivity index (χ3v) is 10.4. The van der Waals surface area contributed by atoms with E-state index >= 15 is 0 Å². The lowest BCUT2D eigenvalue weighted by molar-refractivity contribution is -0.268. The van der Waals surface area contributed by atoms with E-state index in [1.54, 1.807) is 36.4 Å². The number of nitrogens with zero attached hydrogens (tertiary/aromatic N) is 1. The smallest absolute Gasteiger partial charge is 0.336 e. The molecule has 0 spiro atoms. The first kappa shape index (κ1) is 33.4. The standard InChI is InChI=1S/C41H35NO7S/c1-25-35(24-50-36-15-5-4-14-34(36)40(46)47)48-41(49-37(25)28-18-16-26(23-43)17-19-28)31-11-7-10-30(21-31)29-9-6-8-27(20-29)22-42-38(44)32-12-2-3-13-33(32)39(42)45/h2-21,25,35,37,41,43H,22-24H2,1H3,(H,46,47)/t25-,35+,37+,41+/m0/s1. The molecule has 50 heavy (non-hydrogen) atoms. The topological polar surface area (TPSA) is 113 Å². The number of aliphatic hydroxyl groups is 1. The molecular weight excluding hydrogens is 651 g/mol. The number of carbonyl (C=O) groups is 3. The van der Waals surface area contributed by atoms with Gasteiger partial charge in [0.05, 0.1) is 42.0 Å². The highest BCUT2D eigenvalue weighted by molar-refractivity contribution is 7.99. The van der Waals surface area contributed by atoms with Gasteiger partial charge in [0.1, 0.15) is 0 Å². The van der Waals surface area contributed by atoms with Crippen LogP contribution in [-0.4, -0.2) is 44.8 Å². The molecule has 5 aromatic carbocycles. The Hall–Kier alpha value is -5.06. The Morgan fingerprint density at radius 1 is 0.740 bits per heavy atom. The molecule has 252 valence electrons. The van der Waals surface area contributed by atoms with Crippen LogP contribution in [0.2, 0.25) is 0 Å². The van der Waals surface area contributed by atoms with Crippen LogP contribution in [0.1, 0.15) is 72.6 Å². The first-order valence-corrected chi connectivity index (χ1v) is 17.4. The summed E-state index contributed by atoms with van der Waals surface area (Å²) in [4.78, 5) is 39.9. The summed E-state index contributed by atoms with van der Waals surface area (Å²) in [5.74, 6) is -1.12. The van der Waals surface area contributed by atoms with Gasteiger partial charge in [0.15, 0.2) is 6.29 Å². The van der Waals surface area contributed by atoms with Crippen LogP contribution in [0.4, 0.5) is 0 Å². The average Bonchev–Trinajstić information content (AvgIpc) is 3.39. The highest BCUT2D eigenvalue weighted by atomic mass is 32.2. The van der Waals surface area contributed by atoms with E-state index < -0.39 is 12.3 Å². The fraction of sp³-hybridized carbons (Fsp3) is 0.195. The van der Waals surface area contributed by atoms with Crippen molar-refractivity contribution in [3.63, 3.8) is 0 Å². The lowest BCUT2D eigenvalue weighted by Gasteiger charge is -2.41. The van der Waals surface area contributed by atoms with Crippen LogP contribution in [0, 0.1) is 5.92 Å². The number of hydrogen-bond acceptors (Lipinski definition) is 7. The Labute approximate surface area is 294 Å². The van der Waals surface area contributed by atoms with Gasteiger partial charge in [0, 0.05) is 22.1 Å². The van der Waals surface area contributed by atoms with E-state index in [2.05, 4.69) is 6.92 Å². The second kappa shape index (κ2) is 14.4. The second-order valence-corrected chi connectivity index (χ2v) is 13.6. The van der Waals surface area contributed by atoms with Crippen molar-refractivity contribution < 1.29 is 34.1 Å². The molecule has 2 heterocycles. The van der Waals surface area contributed by atoms with E-state index in [9.17, 15) is 24.6 Å². The van der Waals surface area contributed by atoms with Gasteiger partial charge >= 0.3 is 5.97 Å². The fourth-order valence-corrected chi connectivity index (χ4v) is 7.74.